The second-order valence-corrected chi connectivity index (χ2v) is 3.35. The zero-order valence-electron chi connectivity index (χ0n) is 9.06. The Hall–Kier alpha value is -3.11. The highest BCUT2D eigenvalue weighted by molar-refractivity contribution is 5.78. The van der Waals surface area contributed by atoms with Crippen molar-refractivity contribution < 1.29 is 19.6 Å². The number of hydrogen-bond acceptors (Lipinski definition) is 7. The molecule has 0 aliphatic carbocycles. The predicted octanol–water partition coefficient (Wildman–Crippen LogP) is 0.763. The average Bonchev–Trinajstić information content (AvgIpc) is 2.26. The Morgan fingerprint density at radius 2 is 1.42 bits per heavy atom. The van der Waals surface area contributed by atoms with Crippen molar-refractivity contribution in [2.75, 3.05) is 0 Å². The first-order valence-corrected chi connectivity index (χ1v) is 4.58. The van der Waals surface area contributed by atoms with Crippen LogP contribution in [0.1, 0.15) is 5.56 Å². The van der Waals surface area contributed by atoms with Gasteiger partial charge in [-0.25, -0.2) is 0 Å². The van der Waals surface area contributed by atoms with Crippen LogP contribution < -0.4 is 5.73 Å². The fourth-order valence-corrected chi connectivity index (χ4v) is 1.41. The maximum atomic E-state index is 10.7. The molecule has 0 aliphatic rings. The zero-order chi connectivity index (χ0) is 14.7. The summed E-state index contributed by atoms with van der Waals surface area (Å²) in [5, 5.41) is 32.0. The number of amides is 1. The highest BCUT2D eigenvalue weighted by Crippen LogP contribution is 2.37. The zero-order valence-corrected chi connectivity index (χ0v) is 9.06. The molecule has 1 rings (SSSR count). The molecule has 0 heterocycles. The summed E-state index contributed by atoms with van der Waals surface area (Å²) in [4.78, 5) is 39.1. The molecule has 0 atom stereocenters. The number of nitro benzene ring substituents is 3. The van der Waals surface area contributed by atoms with Crippen molar-refractivity contribution in [3.63, 3.8) is 0 Å². The molecule has 1 aromatic rings. The lowest BCUT2D eigenvalue weighted by molar-refractivity contribution is -0.441. The lowest BCUT2D eigenvalue weighted by Crippen LogP contribution is -2.06. The van der Waals surface area contributed by atoms with Crippen molar-refractivity contribution in [1.82, 2.24) is 5.73 Å². The van der Waals surface area contributed by atoms with Crippen molar-refractivity contribution in [1.29, 1.82) is 0 Å². The smallest absolute Gasteiger partial charge is 0.273 e. The fourth-order valence-electron chi connectivity index (χ4n) is 1.41. The van der Waals surface area contributed by atoms with Gasteiger partial charge in [0.15, 0.2) is 0 Å². The van der Waals surface area contributed by atoms with Gasteiger partial charge in [-0.05, 0) is 5.56 Å². The van der Waals surface area contributed by atoms with Crippen LogP contribution in [0.15, 0.2) is 12.1 Å². The summed E-state index contributed by atoms with van der Waals surface area (Å²) in [7, 11) is 0. The van der Waals surface area contributed by atoms with Crippen LogP contribution in [0.3, 0.4) is 0 Å². The first kappa shape index (κ1) is 14.0. The predicted molar refractivity (Wildman–Crippen MR) is 58.2 cm³/mol. The SMILES string of the molecule is [NH]C(=O)Cc1cc([N+](=O)[O-])c([N+](=O)[O-])c([N+](=O)[O-])c1. The molecular weight excluding hydrogens is 264 g/mol. The summed E-state index contributed by atoms with van der Waals surface area (Å²) in [6.07, 6.45) is -0.611. The van der Waals surface area contributed by atoms with Crippen molar-refractivity contribution in [3.05, 3.63) is 48.0 Å². The van der Waals surface area contributed by atoms with E-state index in [0.717, 1.165) is 0 Å². The third kappa shape index (κ3) is 2.96. The van der Waals surface area contributed by atoms with E-state index in [1.165, 1.54) is 0 Å². The van der Waals surface area contributed by atoms with Crippen molar-refractivity contribution in [3.8, 4) is 0 Å². The third-order valence-corrected chi connectivity index (χ3v) is 2.07. The molecule has 1 aromatic carbocycles. The van der Waals surface area contributed by atoms with E-state index in [1.807, 2.05) is 0 Å². The summed E-state index contributed by atoms with van der Waals surface area (Å²) in [6, 6.07) is 1.36. The Labute approximate surface area is 104 Å². The molecule has 11 heteroatoms. The number of nitrogens with zero attached hydrogens (tertiary/aromatic N) is 3. The summed E-state index contributed by atoms with van der Waals surface area (Å²) >= 11 is 0. The van der Waals surface area contributed by atoms with E-state index in [9.17, 15) is 35.1 Å². The molecule has 19 heavy (non-hydrogen) atoms. The van der Waals surface area contributed by atoms with E-state index in [0.29, 0.717) is 12.1 Å². The van der Waals surface area contributed by atoms with Gasteiger partial charge in [-0.2, -0.15) is 0 Å². The van der Waals surface area contributed by atoms with Crippen molar-refractivity contribution in [2.24, 2.45) is 0 Å². The number of carbonyl (C=O) groups excluding carboxylic acids is 1. The largest absolute Gasteiger partial charge is 0.422 e. The average molecular weight is 269 g/mol. The van der Waals surface area contributed by atoms with Gasteiger partial charge in [0, 0.05) is 12.1 Å². The quantitative estimate of drug-likeness (QED) is 0.560. The summed E-state index contributed by atoms with van der Waals surface area (Å²) < 4.78 is 0. The normalized spacial score (nSPS) is 9.89. The molecular formula is C8H5N4O7. The van der Waals surface area contributed by atoms with Crippen LogP contribution in [-0.2, 0) is 11.2 Å². The maximum Gasteiger partial charge on any atom is 0.422 e. The van der Waals surface area contributed by atoms with Gasteiger partial charge in [-0.3, -0.25) is 40.9 Å². The van der Waals surface area contributed by atoms with Crippen molar-refractivity contribution in [2.45, 2.75) is 6.42 Å². The van der Waals surface area contributed by atoms with Crippen LogP contribution in [0.2, 0.25) is 0 Å². The summed E-state index contributed by atoms with van der Waals surface area (Å²) in [6.45, 7) is 0. The van der Waals surface area contributed by atoms with Gasteiger partial charge in [0.05, 0.1) is 21.2 Å². The van der Waals surface area contributed by atoms with Crippen LogP contribution >= 0.6 is 0 Å². The minimum atomic E-state index is -1.25. The monoisotopic (exact) mass is 269 g/mol. The van der Waals surface area contributed by atoms with Crippen LogP contribution in [0, 0.1) is 30.3 Å². The highest BCUT2D eigenvalue weighted by atomic mass is 16.6. The van der Waals surface area contributed by atoms with E-state index in [4.69, 9.17) is 5.73 Å². The molecule has 0 fully saturated rings. The summed E-state index contributed by atoms with van der Waals surface area (Å²) in [5.74, 6) is -1.13. The molecule has 0 saturated carbocycles. The fraction of sp³-hybridized carbons (Fsp3) is 0.125. The van der Waals surface area contributed by atoms with E-state index in [1.54, 1.807) is 0 Å². The second-order valence-electron chi connectivity index (χ2n) is 3.35. The molecule has 1 amide bonds. The molecule has 0 aliphatic heterocycles. The highest BCUT2D eigenvalue weighted by Gasteiger charge is 2.36. The Balaban J connectivity index is 3.62. The minimum Gasteiger partial charge on any atom is -0.273 e. The van der Waals surface area contributed by atoms with E-state index >= 15 is 0 Å². The van der Waals surface area contributed by atoms with Gasteiger partial charge < -0.3 is 0 Å². The van der Waals surface area contributed by atoms with Gasteiger partial charge >= 0.3 is 17.1 Å². The number of carbonyl (C=O) groups is 1. The molecule has 99 valence electrons. The first-order valence-electron chi connectivity index (χ1n) is 4.58. The molecule has 1 N–H and O–H groups in total. The van der Waals surface area contributed by atoms with Crippen LogP contribution in [0.25, 0.3) is 0 Å². The molecule has 0 unspecified atom stereocenters. The number of nitro groups is 3. The van der Waals surface area contributed by atoms with E-state index in [-0.39, 0.29) is 5.56 Å². The van der Waals surface area contributed by atoms with Crippen LogP contribution in [0.5, 0.6) is 0 Å². The minimum absolute atomic E-state index is 0.205. The van der Waals surface area contributed by atoms with Gasteiger partial charge in [0.2, 0.25) is 5.91 Å². The molecule has 0 aromatic heterocycles. The Kier molecular flexibility index (Phi) is 3.70. The van der Waals surface area contributed by atoms with Crippen LogP contribution in [0.4, 0.5) is 17.1 Å². The number of hydrogen-bond donors (Lipinski definition) is 0. The van der Waals surface area contributed by atoms with Gasteiger partial charge in [-0.1, -0.05) is 0 Å². The molecule has 0 saturated heterocycles. The summed E-state index contributed by atoms with van der Waals surface area (Å²) in [5.41, 5.74) is 3.06. The van der Waals surface area contributed by atoms with Crippen LogP contribution in [-0.4, -0.2) is 20.7 Å². The van der Waals surface area contributed by atoms with E-state index < -0.39 is 44.2 Å². The van der Waals surface area contributed by atoms with Gasteiger partial charge in [0.1, 0.15) is 0 Å². The van der Waals surface area contributed by atoms with Crippen molar-refractivity contribution >= 4 is 23.0 Å². The standard InChI is InChI=1S/C8H5N4O7/c9-7(13)3-4-1-5(10(14)15)8(12(18)19)6(2-4)11(16)17/h1-2,9H,3H2. The molecule has 0 spiro atoms. The number of rotatable bonds is 5. The number of nitrogens with one attached hydrogen (secondary N) is 1. The first-order chi connectivity index (χ1) is 8.73. The molecule has 0 bridgehead atoms. The lowest BCUT2D eigenvalue weighted by Gasteiger charge is -2.00. The van der Waals surface area contributed by atoms with E-state index in [2.05, 4.69) is 0 Å². The topological polar surface area (TPSA) is 170 Å². The maximum absolute atomic E-state index is 10.7. The molecule has 1 radical (unpaired) electrons. The second kappa shape index (κ2) is 5.03. The third-order valence-electron chi connectivity index (χ3n) is 2.07. The molecule has 11 nitrogen and oxygen atoms in total. The Bertz CT molecular complexity index is 562. The Morgan fingerprint density at radius 1 is 1.00 bits per heavy atom. The Morgan fingerprint density at radius 3 is 1.68 bits per heavy atom. The van der Waals surface area contributed by atoms with Gasteiger partial charge in [-0.15, -0.1) is 0 Å². The number of benzene rings is 1. The lowest BCUT2D eigenvalue weighted by atomic mass is 10.1. The van der Waals surface area contributed by atoms with Gasteiger partial charge in [0.25, 0.3) is 0 Å².